The molecule has 1 aromatic rings. The normalized spacial score (nSPS) is 21.6. The number of hydrogen-bond donors (Lipinski definition) is 1. The van der Waals surface area contributed by atoms with Gasteiger partial charge in [-0.05, 0) is 49.8 Å². The average Bonchev–Trinajstić information content (AvgIpc) is 2.44. The lowest BCUT2D eigenvalue weighted by molar-refractivity contribution is 0.0601. The molecule has 0 fully saturated rings. The van der Waals surface area contributed by atoms with Gasteiger partial charge >= 0.3 is 5.97 Å². The fraction of sp³-hybridized carbons (Fsp3) is 0.471. The molecule has 1 aliphatic rings. The predicted octanol–water partition coefficient (Wildman–Crippen LogP) is 4.02. The summed E-state index contributed by atoms with van der Waals surface area (Å²) in [6.07, 6.45) is 4.50. The minimum Gasteiger partial charge on any atom is -0.465 e. The number of nitrogens with one attached hydrogen (secondary N) is 1. The summed E-state index contributed by atoms with van der Waals surface area (Å²) in [7, 11) is 1.30. The molecule has 1 aromatic carbocycles. The number of esters is 1. The van der Waals surface area contributed by atoms with Crippen molar-refractivity contribution in [2.45, 2.75) is 26.7 Å². The summed E-state index contributed by atoms with van der Waals surface area (Å²) >= 11 is 0. The van der Waals surface area contributed by atoms with Gasteiger partial charge in [0.1, 0.15) is 5.82 Å². The molecule has 21 heavy (non-hydrogen) atoms. The van der Waals surface area contributed by atoms with E-state index in [1.165, 1.54) is 24.8 Å². The van der Waals surface area contributed by atoms with Gasteiger partial charge in [-0.3, -0.25) is 0 Å². The van der Waals surface area contributed by atoms with E-state index in [4.69, 9.17) is 4.74 Å². The van der Waals surface area contributed by atoms with Crippen LogP contribution in [0, 0.1) is 17.7 Å². The molecular weight excluding hydrogens is 269 g/mol. The molecule has 4 heteroatoms. The highest BCUT2D eigenvalue weighted by Crippen LogP contribution is 2.28. The number of benzene rings is 1. The Bertz CT molecular complexity index is 554. The van der Waals surface area contributed by atoms with Gasteiger partial charge in [0.25, 0.3) is 0 Å². The van der Waals surface area contributed by atoms with Crippen LogP contribution in [-0.4, -0.2) is 19.6 Å². The Labute approximate surface area is 125 Å². The topological polar surface area (TPSA) is 38.3 Å². The van der Waals surface area contributed by atoms with Crippen molar-refractivity contribution in [1.82, 2.24) is 0 Å². The van der Waals surface area contributed by atoms with Crippen LogP contribution in [0.2, 0.25) is 0 Å². The van der Waals surface area contributed by atoms with Crippen LogP contribution >= 0.6 is 0 Å². The molecule has 0 radical (unpaired) electrons. The number of halogens is 1. The maximum atomic E-state index is 13.3. The summed E-state index contributed by atoms with van der Waals surface area (Å²) < 4.78 is 18.0. The van der Waals surface area contributed by atoms with Crippen LogP contribution in [0.25, 0.3) is 0 Å². The molecule has 0 bridgehead atoms. The molecule has 114 valence electrons. The zero-order valence-electron chi connectivity index (χ0n) is 12.8. The van der Waals surface area contributed by atoms with Gasteiger partial charge in [-0.15, -0.1) is 0 Å². The zero-order valence-corrected chi connectivity index (χ0v) is 12.8. The average molecular weight is 291 g/mol. The Morgan fingerprint density at radius 2 is 2.24 bits per heavy atom. The summed E-state index contributed by atoms with van der Waals surface area (Å²) in [6, 6.07) is 4.16. The third-order valence-corrected chi connectivity index (χ3v) is 3.85. The molecule has 0 saturated carbocycles. The fourth-order valence-electron chi connectivity index (χ4n) is 3.05. The molecule has 2 rings (SSSR count). The van der Waals surface area contributed by atoms with Crippen LogP contribution in [0.4, 0.5) is 10.1 Å². The minimum atomic E-state index is -0.523. The number of rotatable bonds is 4. The monoisotopic (exact) mass is 291 g/mol. The van der Waals surface area contributed by atoms with Crippen molar-refractivity contribution >= 4 is 11.7 Å². The molecule has 1 N–H and O–H groups in total. The van der Waals surface area contributed by atoms with Crippen molar-refractivity contribution < 1.29 is 13.9 Å². The van der Waals surface area contributed by atoms with Gasteiger partial charge in [0.2, 0.25) is 0 Å². The van der Waals surface area contributed by atoms with E-state index in [9.17, 15) is 9.18 Å². The number of ether oxygens (including phenoxy) is 1. The van der Waals surface area contributed by atoms with Crippen molar-refractivity contribution in [3.63, 3.8) is 0 Å². The molecule has 1 aliphatic carbocycles. The Kier molecular flexibility index (Phi) is 4.99. The summed E-state index contributed by atoms with van der Waals surface area (Å²) in [4.78, 5) is 11.7. The maximum absolute atomic E-state index is 13.3. The summed E-state index contributed by atoms with van der Waals surface area (Å²) in [5.41, 5.74) is 2.28. The second-order valence-corrected chi connectivity index (χ2v) is 5.86. The van der Waals surface area contributed by atoms with E-state index in [0.717, 1.165) is 19.4 Å². The third kappa shape index (κ3) is 4.06. The Hall–Kier alpha value is -1.84. The van der Waals surface area contributed by atoms with Gasteiger partial charge in [-0.1, -0.05) is 18.6 Å². The maximum Gasteiger partial charge on any atom is 0.340 e. The Morgan fingerprint density at radius 3 is 2.90 bits per heavy atom. The number of allylic oxidation sites excluding steroid dienone is 2. The van der Waals surface area contributed by atoms with E-state index >= 15 is 0 Å². The van der Waals surface area contributed by atoms with Crippen LogP contribution < -0.4 is 5.32 Å². The van der Waals surface area contributed by atoms with Crippen LogP contribution in [0.1, 0.15) is 37.0 Å². The first-order valence-corrected chi connectivity index (χ1v) is 7.28. The van der Waals surface area contributed by atoms with Gasteiger partial charge in [0.15, 0.2) is 0 Å². The van der Waals surface area contributed by atoms with Gasteiger partial charge in [0, 0.05) is 12.2 Å². The molecule has 0 aromatic heterocycles. The number of anilines is 1. The first-order chi connectivity index (χ1) is 9.99. The molecule has 0 spiro atoms. The lowest BCUT2D eigenvalue weighted by Crippen LogP contribution is -2.21. The highest BCUT2D eigenvalue weighted by Gasteiger charge is 2.19. The quantitative estimate of drug-likeness (QED) is 0.672. The molecule has 3 nitrogen and oxygen atoms in total. The highest BCUT2D eigenvalue weighted by molar-refractivity contribution is 5.95. The van der Waals surface area contributed by atoms with Gasteiger partial charge in [-0.2, -0.15) is 0 Å². The van der Waals surface area contributed by atoms with E-state index in [-0.39, 0.29) is 5.56 Å². The largest absolute Gasteiger partial charge is 0.465 e. The number of carbonyl (C=O) groups excluding carboxylic acids is 1. The van der Waals surface area contributed by atoms with Crippen molar-refractivity contribution in [2.24, 2.45) is 11.8 Å². The van der Waals surface area contributed by atoms with E-state index in [2.05, 4.69) is 25.2 Å². The van der Waals surface area contributed by atoms with Crippen LogP contribution in [0.3, 0.4) is 0 Å². The molecule has 0 heterocycles. The van der Waals surface area contributed by atoms with Gasteiger partial charge < -0.3 is 10.1 Å². The summed E-state index contributed by atoms with van der Waals surface area (Å²) in [6.45, 7) is 5.14. The molecule has 2 atom stereocenters. The predicted molar refractivity (Wildman–Crippen MR) is 81.9 cm³/mol. The molecule has 2 unspecified atom stereocenters. The smallest absolute Gasteiger partial charge is 0.340 e. The molecular formula is C17H22FNO2. The van der Waals surface area contributed by atoms with Crippen molar-refractivity contribution in [3.8, 4) is 0 Å². The molecule has 0 aliphatic heterocycles. The standard InChI is InChI=1S/C17H22FNO2/c1-11-6-12(2)8-13(7-11)10-19-16-5-4-14(18)9-15(16)17(20)21-3/h4-6,9,11,13,19H,7-8,10H2,1-3H3. The Morgan fingerprint density at radius 1 is 1.48 bits per heavy atom. The van der Waals surface area contributed by atoms with Gasteiger partial charge in [0.05, 0.1) is 12.7 Å². The van der Waals surface area contributed by atoms with E-state index in [1.54, 1.807) is 6.07 Å². The number of carbonyl (C=O) groups is 1. The second-order valence-electron chi connectivity index (χ2n) is 5.86. The van der Waals surface area contributed by atoms with E-state index in [0.29, 0.717) is 17.5 Å². The highest BCUT2D eigenvalue weighted by atomic mass is 19.1. The lowest BCUT2D eigenvalue weighted by atomic mass is 9.83. The van der Waals surface area contributed by atoms with Crippen LogP contribution in [0.5, 0.6) is 0 Å². The third-order valence-electron chi connectivity index (χ3n) is 3.85. The van der Waals surface area contributed by atoms with Crippen molar-refractivity contribution in [1.29, 1.82) is 0 Å². The number of methoxy groups -OCH3 is 1. The summed E-state index contributed by atoms with van der Waals surface area (Å²) in [5, 5.41) is 3.27. The fourth-order valence-corrected chi connectivity index (χ4v) is 3.05. The SMILES string of the molecule is COC(=O)c1cc(F)ccc1NCC1CC(C)=CC(C)C1. The minimum absolute atomic E-state index is 0.244. The molecule has 0 saturated heterocycles. The van der Waals surface area contributed by atoms with Gasteiger partial charge in [-0.25, -0.2) is 9.18 Å². The molecule has 0 amide bonds. The lowest BCUT2D eigenvalue weighted by Gasteiger charge is -2.26. The van der Waals surface area contributed by atoms with Crippen LogP contribution in [0.15, 0.2) is 29.8 Å². The number of hydrogen-bond acceptors (Lipinski definition) is 3. The second kappa shape index (κ2) is 6.74. The first-order valence-electron chi connectivity index (χ1n) is 7.28. The summed E-state index contributed by atoms with van der Waals surface area (Å²) in [5.74, 6) is 0.149. The first kappa shape index (κ1) is 15.5. The van der Waals surface area contributed by atoms with Crippen LogP contribution in [-0.2, 0) is 4.74 Å². The van der Waals surface area contributed by atoms with E-state index in [1.807, 2.05) is 0 Å². The van der Waals surface area contributed by atoms with Crippen molar-refractivity contribution in [3.05, 3.63) is 41.2 Å². The Balaban J connectivity index is 2.06. The van der Waals surface area contributed by atoms with E-state index < -0.39 is 11.8 Å². The zero-order chi connectivity index (χ0) is 15.4. The van der Waals surface area contributed by atoms with Crippen molar-refractivity contribution in [2.75, 3.05) is 19.0 Å².